The van der Waals surface area contributed by atoms with Crippen molar-refractivity contribution in [1.82, 2.24) is 5.16 Å². The number of nitrogens with one attached hydrogen (secondary N) is 1. The zero-order chi connectivity index (χ0) is 24.6. The van der Waals surface area contributed by atoms with Gasteiger partial charge in [0.25, 0.3) is 0 Å². The SMILES string of the molecule is COC(=O)[C@H](CC1=CN=CC1)CC1(c2ccccc2)C(=O)Nc2ccc(-c3c(C)noc3C)cc21.S. The maximum absolute atomic E-state index is 13.8. The highest BCUT2D eigenvalue weighted by atomic mass is 32.1. The maximum atomic E-state index is 13.8. The Morgan fingerprint density at radius 3 is 2.61 bits per heavy atom. The summed E-state index contributed by atoms with van der Waals surface area (Å²) in [6, 6.07) is 15.6. The topological polar surface area (TPSA) is 93.8 Å². The first kappa shape index (κ1) is 25.4. The summed E-state index contributed by atoms with van der Waals surface area (Å²) < 4.78 is 10.6. The predicted octanol–water partition coefficient (Wildman–Crippen LogP) is 5.24. The molecule has 0 aliphatic carbocycles. The quantitative estimate of drug-likeness (QED) is 0.445. The van der Waals surface area contributed by atoms with Crippen molar-refractivity contribution >= 4 is 37.3 Å². The summed E-state index contributed by atoms with van der Waals surface area (Å²) >= 11 is 0. The number of allylic oxidation sites excluding steroid dienone is 1. The number of carbonyl (C=O) groups is 2. The van der Waals surface area contributed by atoms with E-state index in [0.29, 0.717) is 18.6 Å². The van der Waals surface area contributed by atoms with Crippen LogP contribution in [-0.2, 0) is 19.7 Å². The summed E-state index contributed by atoms with van der Waals surface area (Å²) in [6.45, 7) is 3.78. The number of aliphatic imine (C=N–C) groups is 1. The molecule has 2 atom stereocenters. The molecule has 0 fully saturated rings. The van der Waals surface area contributed by atoms with Gasteiger partial charge in [-0.15, -0.1) is 0 Å². The Bertz CT molecular complexity index is 1340. The Morgan fingerprint density at radius 1 is 1.19 bits per heavy atom. The van der Waals surface area contributed by atoms with Crippen molar-refractivity contribution in [1.29, 1.82) is 0 Å². The molecule has 5 rings (SSSR count). The molecule has 1 N–H and O–H groups in total. The van der Waals surface area contributed by atoms with Gasteiger partial charge in [-0.3, -0.25) is 14.6 Å². The van der Waals surface area contributed by atoms with Gasteiger partial charge in [0.05, 0.1) is 18.7 Å². The zero-order valence-electron chi connectivity index (χ0n) is 20.5. The fourth-order valence-electron chi connectivity index (χ4n) is 5.35. The zero-order valence-corrected chi connectivity index (χ0v) is 21.5. The van der Waals surface area contributed by atoms with E-state index in [-0.39, 0.29) is 31.8 Å². The number of ether oxygens (including phenoxy) is 1. The Balaban J connectivity index is 0.00000304. The second kappa shape index (κ2) is 10.1. The number of benzene rings is 2. The molecule has 3 heterocycles. The van der Waals surface area contributed by atoms with Gasteiger partial charge in [-0.1, -0.05) is 41.6 Å². The number of hydrogen-bond acceptors (Lipinski definition) is 6. The van der Waals surface area contributed by atoms with Gasteiger partial charge >= 0.3 is 5.97 Å². The lowest BCUT2D eigenvalue weighted by Gasteiger charge is -2.32. The van der Waals surface area contributed by atoms with E-state index in [9.17, 15) is 9.59 Å². The summed E-state index contributed by atoms with van der Waals surface area (Å²) in [6.07, 6.45) is 5.07. The van der Waals surface area contributed by atoms with Gasteiger partial charge < -0.3 is 14.6 Å². The third kappa shape index (κ3) is 4.26. The average molecular weight is 504 g/mol. The monoisotopic (exact) mass is 503 g/mol. The third-order valence-corrected chi connectivity index (χ3v) is 7.02. The molecule has 0 saturated heterocycles. The molecule has 3 aromatic rings. The summed E-state index contributed by atoms with van der Waals surface area (Å²) in [7, 11) is 1.39. The molecular formula is C28H29N3O4S. The lowest BCUT2D eigenvalue weighted by molar-refractivity contribution is -0.146. The second-order valence-electron chi connectivity index (χ2n) is 9.14. The van der Waals surface area contributed by atoms with E-state index < -0.39 is 11.3 Å². The molecule has 1 unspecified atom stereocenters. The number of nitrogens with zero attached hydrogens (tertiary/aromatic N) is 2. The van der Waals surface area contributed by atoms with Crippen LogP contribution in [0.1, 0.15) is 41.8 Å². The molecule has 7 nitrogen and oxygen atoms in total. The van der Waals surface area contributed by atoms with Gasteiger partial charge in [0.2, 0.25) is 5.91 Å². The van der Waals surface area contributed by atoms with Crippen molar-refractivity contribution in [2.45, 2.75) is 38.5 Å². The predicted molar refractivity (Wildman–Crippen MR) is 144 cm³/mol. The van der Waals surface area contributed by atoms with E-state index in [0.717, 1.165) is 39.2 Å². The van der Waals surface area contributed by atoms with Crippen LogP contribution in [0.4, 0.5) is 5.69 Å². The Hall–Kier alpha value is -3.65. The van der Waals surface area contributed by atoms with Crippen molar-refractivity contribution < 1.29 is 18.8 Å². The van der Waals surface area contributed by atoms with Crippen molar-refractivity contribution in [3.63, 3.8) is 0 Å². The van der Waals surface area contributed by atoms with E-state index in [4.69, 9.17) is 9.26 Å². The van der Waals surface area contributed by atoms with Gasteiger partial charge in [-0.2, -0.15) is 13.5 Å². The minimum atomic E-state index is -1.07. The molecule has 2 aliphatic heterocycles. The van der Waals surface area contributed by atoms with Crippen LogP contribution in [0, 0.1) is 19.8 Å². The van der Waals surface area contributed by atoms with Crippen molar-refractivity contribution in [2.24, 2.45) is 10.9 Å². The van der Waals surface area contributed by atoms with Crippen molar-refractivity contribution in [3.8, 4) is 11.1 Å². The van der Waals surface area contributed by atoms with E-state index >= 15 is 0 Å². The molecule has 36 heavy (non-hydrogen) atoms. The number of hydrogen-bond donors (Lipinski definition) is 1. The van der Waals surface area contributed by atoms with Gasteiger partial charge in [0, 0.05) is 30.1 Å². The normalized spacial score (nSPS) is 18.8. The van der Waals surface area contributed by atoms with Crippen LogP contribution in [0.15, 0.2) is 69.8 Å². The molecule has 2 aliphatic rings. The molecule has 0 radical (unpaired) electrons. The van der Waals surface area contributed by atoms with Crippen molar-refractivity contribution in [2.75, 3.05) is 12.4 Å². The van der Waals surface area contributed by atoms with E-state index in [2.05, 4.69) is 15.5 Å². The highest BCUT2D eigenvalue weighted by Crippen LogP contribution is 2.49. The number of anilines is 1. The number of amides is 1. The lowest BCUT2D eigenvalue weighted by Crippen LogP contribution is -2.39. The summed E-state index contributed by atoms with van der Waals surface area (Å²) in [4.78, 5) is 31.0. The lowest BCUT2D eigenvalue weighted by atomic mass is 9.68. The minimum absolute atomic E-state index is 0. The molecule has 1 aromatic heterocycles. The summed E-state index contributed by atoms with van der Waals surface area (Å²) in [5.41, 5.74) is 4.99. The van der Waals surface area contributed by atoms with Gasteiger partial charge in [-0.05, 0) is 61.1 Å². The Kier molecular flexibility index (Phi) is 7.17. The van der Waals surface area contributed by atoms with Crippen LogP contribution in [0.5, 0.6) is 0 Å². The number of aromatic nitrogens is 1. The number of methoxy groups -OCH3 is 1. The molecule has 186 valence electrons. The first-order valence-corrected chi connectivity index (χ1v) is 11.7. The highest BCUT2D eigenvalue weighted by Gasteiger charge is 2.50. The number of esters is 1. The smallest absolute Gasteiger partial charge is 0.309 e. The maximum Gasteiger partial charge on any atom is 0.309 e. The second-order valence-corrected chi connectivity index (χ2v) is 9.14. The minimum Gasteiger partial charge on any atom is -0.469 e. The standard InChI is InChI=1S/C28H27N3O4.H2S/c1-17-25(18(2)35-31-17)20-9-10-24-23(14-20)28(27(33)30-24,22-7-5-4-6-8-22)15-21(26(32)34-3)13-19-11-12-29-16-19;/h4-10,12,14,16,21H,11,13,15H2,1-3H3,(H,30,33);1H2/t21-,28?;/m1./s1. The van der Waals surface area contributed by atoms with Crippen molar-refractivity contribution in [3.05, 3.63) is 82.9 Å². The van der Waals surface area contributed by atoms with Gasteiger partial charge in [0.15, 0.2) is 0 Å². The number of aryl methyl sites for hydroxylation is 2. The molecular weight excluding hydrogens is 474 g/mol. The molecule has 2 aromatic carbocycles. The third-order valence-electron chi connectivity index (χ3n) is 7.02. The average Bonchev–Trinajstić information content (AvgIpc) is 3.57. The fraction of sp³-hybridized carbons (Fsp3) is 0.286. The number of rotatable bonds is 7. The van der Waals surface area contributed by atoms with Crippen LogP contribution >= 0.6 is 13.5 Å². The van der Waals surface area contributed by atoms with Crippen LogP contribution in [0.3, 0.4) is 0 Å². The number of carbonyl (C=O) groups excluding carboxylic acids is 2. The molecule has 0 bridgehead atoms. The molecule has 8 heteroatoms. The Labute approximate surface area is 217 Å². The highest BCUT2D eigenvalue weighted by molar-refractivity contribution is 7.59. The van der Waals surface area contributed by atoms with Crippen LogP contribution < -0.4 is 5.32 Å². The summed E-state index contributed by atoms with van der Waals surface area (Å²) in [5.74, 6) is -0.297. The number of fused-ring (bicyclic) bond motifs is 1. The van der Waals surface area contributed by atoms with Gasteiger partial charge in [0.1, 0.15) is 11.2 Å². The first-order chi connectivity index (χ1) is 16.9. The van der Waals surface area contributed by atoms with Crippen LogP contribution in [-0.4, -0.2) is 30.4 Å². The molecule has 0 saturated carbocycles. The van der Waals surface area contributed by atoms with Gasteiger partial charge in [-0.25, -0.2) is 0 Å². The summed E-state index contributed by atoms with van der Waals surface area (Å²) in [5, 5.41) is 7.17. The molecule has 0 spiro atoms. The van der Waals surface area contributed by atoms with Crippen LogP contribution in [0.25, 0.3) is 11.1 Å². The first-order valence-electron chi connectivity index (χ1n) is 11.7. The van der Waals surface area contributed by atoms with Crippen LogP contribution in [0.2, 0.25) is 0 Å². The fourth-order valence-corrected chi connectivity index (χ4v) is 5.35. The largest absolute Gasteiger partial charge is 0.469 e. The van der Waals surface area contributed by atoms with E-state index in [1.165, 1.54) is 7.11 Å². The van der Waals surface area contributed by atoms with E-state index in [1.54, 1.807) is 6.20 Å². The van der Waals surface area contributed by atoms with E-state index in [1.807, 2.05) is 68.6 Å². The Morgan fingerprint density at radius 2 is 1.97 bits per heavy atom. The molecule has 1 amide bonds.